The molecule has 1 aromatic carbocycles. The third-order valence-electron chi connectivity index (χ3n) is 3.78. The first-order chi connectivity index (χ1) is 9.87. The second-order valence-corrected chi connectivity index (χ2v) is 8.27. The zero-order chi connectivity index (χ0) is 15.4. The van der Waals surface area contributed by atoms with Crippen LogP contribution < -0.4 is 9.64 Å². The van der Waals surface area contributed by atoms with Gasteiger partial charge in [0.25, 0.3) is 0 Å². The lowest BCUT2D eigenvalue weighted by atomic mass is 9.87. The lowest BCUT2D eigenvalue weighted by molar-refractivity contribution is -0.117. The van der Waals surface area contributed by atoms with Crippen molar-refractivity contribution in [3.8, 4) is 16.9 Å². The number of fused-ring (bicyclic) bond motifs is 3. The molecule has 2 aromatic rings. The summed E-state index contributed by atoms with van der Waals surface area (Å²) in [5.41, 5.74) is 2.58. The van der Waals surface area contributed by atoms with Gasteiger partial charge in [-0.3, -0.25) is 4.79 Å². The lowest BCUT2D eigenvalue weighted by Gasteiger charge is -2.42. The van der Waals surface area contributed by atoms with Crippen LogP contribution in [0, 0.1) is 3.82 Å². The Morgan fingerprint density at radius 2 is 2.05 bits per heavy atom. The van der Waals surface area contributed by atoms with Crippen LogP contribution in [0.4, 0.5) is 5.69 Å². The molecule has 1 aromatic heterocycles. The Morgan fingerprint density at radius 1 is 1.33 bits per heavy atom. The Balaban J connectivity index is 2.40. The van der Waals surface area contributed by atoms with E-state index in [2.05, 4.69) is 13.8 Å². The van der Waals surface area contributed by atoms with Crippen molar-refractivity contribution in [2.45, 2.75) is 26.3 Å². The molecule has 0 aliphatic carbocycles. The minimum Gasteiger partial charge on any atom is -0.497 e. The highest BCUT2D eigenvalue weighted by Crippen LogP contribution is 2.52. The van der Waals surface area contributed by atoms with Crippen LogP contribution in [0.25, 0.3) is 11.1 Å². The van der Waals surface area contributed by atoms with Gasteiger partial charge in [-0.2, -0.15) is 0 Å². The molecule has 21 heavy (non-hydrogen) atoms. The standard InChI is InChI=1S/C15H15NO2S3/c1-8(17)16-11-7-9(18-4)5-6-10(11)12-13(15(16,2)3)20-21-14(12)19/h5-7H,1-4H3. The molecule has 1 aliphatic rings. The first kappa shape index (κ1) is 14.7. The van der Waals surface area contributed by atoms with Gasteiger partial charge in [-0.1, -0.05) is 32.9 Å². The first-order valence-corrected chi connectivity index (χ1v) is 9.06. The third kappa shape index (κ3) is 2.05. The Labute approximate surface area is 136 Å². The molecule has 3 nitrogen and oxygen atoms in total. The van der Waals surface area contributed by atoms with E-state index in [1.54, 1.807) is 34.7 Å². The maximum Gasteiger partial charge on any atom is 0.224 e. The first-order valence-electron chi connectivity index (χ1n) is 6.50. The van der Waals surface area contributed by atoms with Gasteiger partial charge in [0, 0.05) is 24.1 Å². The molecule has 0 atom stereocenters. The topological polar surface area (TPSA) is 29.5 Å². The number of amides is 1. The highest BCUT2D eigenvalue weighted by atomic mass is 32.9. The normalized spacial score (nSPS) is 15.3. The number of nitrogens with zero attached hydrogens (tertiary/aromatic N) is 1. The maximum atomic E-state index is 12.3. The van der Waals surface area contributed by atoms with Gasteiger partial charge in [-0.25, -0.2) is 0 Å². The van der Waals surface area contributed by atoms with E-state index in [1.165, 1.54) is 0 Å². The number of carbonyl (C=O) groups excluding carboxylic acids is 1. The minimum atomic E-state index is -0.404. The third-order valence-corrected chi connectivity index (χ3v) is 7.11. The van der Waals surface area contributed by atoms with Crippen molar-refractivity contribution in [2.75, 3.05) is 12.0 Å². The molecule has 3 rings (SSSR count). The van der Waals surface area contributed by atoms with E-state index in [9.17, 15) is 4.79 Å². The lowest BCUT2D eigenvalue weighted by Crippen LogP contribution is -2.46. The SMILES string of the molecule is COc1ccc2c(c1)N(C(C)=O)C(C)(C)c1ssc(=S)c1-2. The summed E-state index contributed by atoms with van der Waals surface area (Å²) < 4.78 is 6.20. The highest BCUT2D eigenvalue weighted by Gasteiger charge is 2.41. The fraction of sp³-hybridized carbons (Fsp3) is 0.333. The summed E-state index contributed by atoms with van der Waals surface area (Å²) in [4.78, 5) is 15.3. The van der Waals surface area contributed by atoms with E-state index < -0.39 is 5.54 Å². The zero-order valence-corrected chi connectivity index (χ0v) is 14.7. The van der Waals surface area contributed by atoms with Crippen molar-refractivity contribution >= 4 is 44.5 Å². The van der Waals surface area contributed by atoms with Gasteiger partial charge < -0.3 is 9.64 Å². The molecule has 1 amide bonds. The van der Waals surface area contributed by atoms with E-state index in [1.807, 2.05) is 23.1 Å². The molecule has 0 N–H and O–H groups in total. The Hall–Kier alpha value is -1.24. The average molecular weight is 337 g/mol. The van der Waals surface area contributed by atoms with Crippen LogP contribution in [-0.2, 0) is 10.3 Å². The van der Waals surface area contributed by atoms with Crippen LogP contribution in [0.3, 0.4) is 0 Å². The number of rotatable bonds is 1. The molecule has 6 heteroatoms. The van der Waals surface area contributed by atoms with Crippen LogP contribution in [0.15, 0.2) is 18.2 Å². The van der Waals surface area contributed by atoms with Gasteiger partial charge in [0.05, 0.1) is 23.2 Å². The second-order valence-electron chi connectivity index (χ2n) is 5.45. The Bertz CT molecular complexity index is 788. The van der Waals surface area contributed by atoms with E-state index in [4.69, 9.17) is 17.0 Å². The maximum absolute atomic E-state index is 12.3. The number of hydrogen-bond donors (Lipinski definition) is 0. The molecule has 0 radical (unpaired) electrons. The highest BCUT2D eigenvalue weighted by molar-refractivity contribution is 7.80. The number of anilines is 1. The van der Waals surface area contributed by atoms with Gasteiger partial charge in [-0.15, -0.1) is 0 Å². The fourth-order valence-electron chi connectivity index (χ4n) is 2.90. The van der Waals surface area contributed by atoms with Crippen molar-refractivity contribution < 1.29 is 9.53 Å². The van der Waals surface area contributed by atoms with Gasteiger partial charge in [0.15, 0.2) is 0 Å². The van der Waals surface area contributed by atoms with Crippen LogP contribution in [-0.4, -0.2) is 13.0 Å². The van der Waals surface area contributed by atoms with Crippen molar-refractivity contribution in [1.29, 1.82) is 0 Å². The second kappa shape index (κ2) is 4.90. The molecule has 0 unspecified atom stereocenters. The molecule has 0 saturated heterocycles. The number of benzene rings is 1. The van der Waals surface area contributed by atoms with Crippen LogP contribution in [0.1, 0.15) is 25.6 Å². The summed E-state index contributed by atoms with van der Waals surface area (Å²) in [5, 5.41) is 0. The smallest absolute Gasteiger partial charge is 0.224 e. The molecule has 2 heterocycles. The Kier molecular flexibility index (Phi) is 3.43. The van der Waals surface area contributed by atoms with Gasteiger partial charge in [-0.05, 0) is 26.0 Å². The summed E-state index contributed by atoms with van der Waals surface area (Å²) in [6.07, 6.45) is 0. The number of carbonyl (C=O) groups is 1. The quantitative estimate of drug-likeness (QED) is 0.552. The van der Waals surface area contributed by atoms with Crippen molar-refractivity contribution in [1.82, 2.24) is 0 Å². The average Bonchev–Trinajstić information content (AvgIpc) is 2.80. The van der Waals surface area contributed by atoms with E-state index >= 15 is 0 Å². The summed E-state index contributed by atoms with van der Waals surface area (Å²) in [6.45, 7) is 5.73. The Morgan fingerprint density at radius 3 is 2.67 bits per heavy atom. The zero-order valence-electron chi connectivity index (χ0n) is 12.2. The van der Waals surface area contributed by atoms with Crippen LogP contribution in [0.5, 0.6) is 5.75 Å². The summed E-state index contributed by atoms with van der Waals surface area (Å²) in [6, 6.07) is 5.82. The largest absolute Gasteiger partial charge is 0.497 e. The van der Waals surface area contributed by atoms with Crippen molar-refractivity contribution in [3.05, 3.63) is 26.9 Å². The minimum absolute atomic E-state index is 0.0180. The van der Waals surface area contributed by atoms with Gasteiger partial charge >= 0.3 is 0 Å². The van der Waals surface area contributed by atoms with Crippen molar-refractivity contribution in [2.24, 2.45) is 0 Å². The monoisotopic (exact) mass is 337 g/mol. The summed E-state index contributed by atoms with van der Waals surface area (Å²) in [7, 11) is 4.89. The summed E-state index contributed by atoms with van der Waals surface area (Å²) >= 11 is 5.51. The molecule has 1 aliphatic heterocycles. The molecular formula is C15H15NO2S3. The fourth-order valence-corrected chi connectivity index (χ4v) is 6.18. The van der Waals surface area contributed by atoms with Crippen LogP contribution >= 0.6 is 32.9 Å². The van der Waals surface area contributed by atoms with E-state index in [0.29, 0.717) is 0 Å². The predicted molar refractivity (Wildman–Crippen MR) is 91.2 cm³/mol. The molecule has 0 fully saturated rings. The van der Waals surface area contributed by atoms with Crippen LogP contribution in [0.2, 0.25) is 0 Å². The van der Waals surface area contributed by atoms with Gasteiger partial charge in [0.1, 0.15) is 9.57 Å². The van der Waals surface area contributed by atoms with Crippen molar-refractivity contribution in [3.63, 3.8) is 0 Å². The summed E-state index contributed by atoms with van der Waals surface area (Å²) in [5.74, 6) is 0.758. The molecule has 0 bridgehead atoms. The predicted octanol–water partition coefficient (Wildman–Crippen LogP) is 4.82. The number of hydrogen-bond acceptors (Lipinski definition) is 5. The molecule has 0 saturated carbocycles. The number of methoxy groups -OCH3 is 1. The molecule has 110 valence electrons. The van der Waals surface area contributed by atoms with E-state index in [-0.39, 0.29) is 5.91 Å². The van der Waals surface area contributed by atoms with E-state index in [0.717, 1.165) is 31.3 Å². The van der Waals surface area contributed by atoms with Gasteiger partial charge in [0.2, 0.25) is 5.91 Å². The molecule has 0 spiro atoms. The number of ether oxygens (including phenoxy) is 1. The molecular weight excluding hydrogens is 322 g/mol.